The maximum Gasteiger partial charge on any atom is 0.407 e. The van der Waals surface area contributed by atoms with E-state index in [1.54, 1.807) is 0 Å². The van der Waals surface area contributed by atoms with Gasteiger partial charge in [0.15, 0.2) is 0 Å². The number of nitrogens with zero attached hydrogens (tertiary/aromatic N) is 4. The molecule has 0 aromatic heterocycles. The maximum atomic E-state index is 11.3. The first-order valence-corrected chi connectivity index (χ1v) is 5.73. The molecule has 6 heteroatoms. The van der Waals surface area contributed by atoms with Crippen LogP contribution in [0.5, 0.6) is 0 Å². The van der Waals surface area contributed by atoms with E-state index in [2.05, 4.69) is 10.0 Å². The molecule has 1 atom stereocenters. The van der Waals surface area contributed by atoms with Crippen molar-refractivity contribution in [3.8, 4) is 0 Å². The van der Waals surface area contributed by atoms with Crippen LogP contribution in [0.15, 0.2) is 5.11 Å². The van der Waals surface area contributed by atoms with Gasteiger partial charge in [0, 0.05) is 23.0 Å². The Morgan fingerprint density at radius 3 is 2.29 bits per heavy atom. The molecule has 0 aromatic carbocycles. The average Bonchev–Trinajstić information content (AvgIpc) is 2.10. The van der Waals surface area contributed by atoms with Gasteiger partial charge in [0.25, 0.3) is 0 Å². The van der Waals surface area contributed by atoms with Crippen molar-refractivity contribution in [2.45, 2.75) is 52.6 Å². The van der Waals surface area contributed by atoms with Crippen molar-refractivity contribution < 1.29 is 9.90 Å². The van der Waals surface area contributed by atoms with Crippen LogP contribution in [0.25, 0.3) is 10.4 Å². The zero-order valence-electron chi connectivity index (χ0n) is 11.2. The van der Waals surface area contributed by atoms with Crippen molar-refractivity contribution in [2.75, 3.05) is 6.54 Å². The molecule has 0 aromatic rings. The molecule has 0 rings (SSSR count). The molecule has 0 bridgehead atoms. The summed E-state index contributed by atoms with van der Waals surface area (Å²) in [4.78, 5) is 15.4. The minimum atomic E-state index is -0.976. The van der Waals surface area contributed by atoms with Crippen LogP contribution in [-0.4, -0.2) is 34.2 Å². The van der Waals surface area contributed by atoms with E-state index >= 15 is 0 Å². The fraction of sp³-hybridized carbons (Fsp3) is 0.909. The SMILES string of the molecule is CC(C)C[C@@H](CN=[N+]=[N-])N(C(=O)O)C(C)(C)C. The van der Waals surface area contributed by atoms with Gasteiger partial charge >= 0.3 is 6.09 Å². The van der Waals surface area contributed by atoms with Crippen molar-refractivity contribution in [2.24, 2.45) is 11.0 Å². The Labute approximate surface area is 102 Å². The Hall–Kier alpha value is -1.42. The van der Waals surface area contributed by atoms with E-state index < -0.39 is 11.6 Å². The minimum absolute atomic E-state index is 0.179. The van der Waals surface area contributed by atoms with Gasteiger partial charge in [-0.1, -0.05) is 19.0 Å². The second-order valence-electron chi connectivity index (χ2n) is 5.52. The predicted octanol–water partition coefficient (Wildman–Crippen LogP) is 3.49. The van der Waals surface area contributed by atoms with Crippen molar-refractivity contribution in [1.29, 1.82) is 0 Å². The zero-order valence-corrected chi connectivity index (χ0v) is 11.2. The smallest absolute Gasteiger partial charge is 0.407 e. The van der Waals surface area contributed by atoms with E-state index in [0.717, 1.165) is 0 Å². The van der Waals surface area contributed by atoms with Gasteiger partial charge in [0.2, 0.25) is 0 Å². The quantitative estimate of drug-likeness (QED) is 0.454. The topological polar surface area (TPSA) is 89.3 Å². The van der Waals surface area contributed by atoms with Crippen LogP contribution in [-0.2, 0) is 0 Å². The monoisotopic (exact) mass is 242 g/mol. The Bertz CT molecular complexity index is 303. The molecule has 0 aliphatic carbocycles. The Balaban J connectivity index is 5.06. The molecule has 0 saturated heterocycles. The highest BCUT2D eigenvalue weighted by atomic mass is 16.4. The van der Waals surface area contributed by atoms with Gasteiger partial charge in [-0.2, -0.15) is 0 Å². The number of rotatable bonds is 5. The van der Waals surface area contributed by atoms with Gasteiger partial charge in [0.1, 0.15) is 0 Å². The third-order valence-electron chi connectivity index (χ3n) is 2.39. The maximum absolute atomic E-state index is 11.3. The molecule has 17 heavy (non-hydrogen) atoms. The highest BCUT2D eigenvalue weighted by molar-refractivity contribution is 5.66. The molecular formula is C11H22N4O2. The number of azide groups is 1. The Morgan fingerprint density at radius 2 is 2.00 bits per heavy atom. The predicted molar refractivity (Wildman–Crippen MR) is 66.9 cm³/mol. The van der Waals surface area contributed by atoms with E-state index in [4.69, 9.17) is 5.53 Å². The molecule has 0 aliphatic heterocycles. The van der Waals surface area contributed by atoms with Gasteiger partial charge in [-0.25, -0.2) is 4.79 Å². The second kappa shape index (κ2) is 6.35. The van der Waals surface area contributed by atoms with Crippen LogP contribution >= 0.6 is 0 Å². The normalized spacial score (nSPS) is 13.1. The van der Waals surface area contributed by atoms with Crippen LogP contribution in [0, 0.1) is 5.92 Å². The molecule has 0 fully saturated rings. The Kier molecular flexibility index (Phi) is 5.82. The fourth-order valence-electron chi connectivity index (χ4n) is 1.93. The molecular weight excluding hydrogens is 220 g/mol. The molecule has 0 unspecified atom stereocenters. The van der Waals surface area contributed by atoms with Crippen LogP contribution in [0.4, 0.5) is 4.79 Å². The molecule has 1 amide bonds. The first-order valence-electron chi connectivity index (χ1n) is 5.73. The number of hydrogen-bond donors (Lipinski definition) is 1. The second-order valence-corrected chi connectivity index (χ2v) is 5.52. The van der Waals surface area contributed by atoms with E-state index in [1.807, 2.05) is 34.6 Å². The lowest BCUT2D eigenvalue weighted by atomic mass is 9.97. The molecule has 1 N–H and O–H groups in total. The van der Waals surface area contributed by atoms with Gasteiger partial charge < -0.3 is 10.0 Å². The van der Waals surface area contributed by atoms with Crippen LogP contribution in [0.1, 0.15) is 41.0 Å². The van der Waals surface area contributed by atoms with Crippen molar-refractivity contribution in [3.63, 3.8) is 0 Å². The lowest BCUT2D eigenvalue weighted by Gasteiger charge is -2.39. The van der Waals surface area contributed by atoms with Crippen LogP contribution < -0.4 is 0 Å². The van der Waals surface area contributed by atoms with Gasteiger partial charge in [0.05, 0.1) is 0 Å². The highest BCUT2D eigenvalue weighted by Gasteiger charge is 2.32. The van der Waals surface area contributed by atoms with E-state index in [-0.39, 0.29) is 12.6 Å². The van der Waals surface area contributed by atoms with Gasteiger partial charge in [-0.3, -0.25) is 0 Å². The number of carboxylic acid groups (broad SMARTS) is 1. The average molecular weight is 242 g/mol. The summed E-state index contributed by atoms with van der Waals surface area (Å²) in [6, 6.07) is -0.275. The molecule has 0 spiro atoms. The standard InChI is InChI=1S/C11H22N4O2/c1-8(2)6-9(7-13-14-12)15(10(16)17)11(3,4)5/h8-9H,6-7H2,1-5H3,(H,16,17)/t9-/m0/s1. The van der Waals surface area contributed by atoms with E-state index in [0.29, 0.717) is 12.3 Å². The third-order valence-corrected chi connectivity index (χ3v) is 2.39. The van der Waals surface area contributed by atoms with Crippen molar-refractivity contribution in [3.05, 3.63) is 10.4 Å². The largest absolute Gasteiger partial charge is 0.465 e. The minimum Gasteiger partial charge on any atom is -0.465 e. The third kappa shape index (κ3) is 5.45. The lowest BCUT2D eigenvalue weighted by molar-refractivity contribution is 0.0657. The molecule has 98 valence electrons. The summed E-state index contributed by atoms with van der Waals surface area (Å²) in [6.07, 6.45) is -0.293. The van der Waals surface area contributed by atoms with Crippen LogP contribution in [0.3, 0.4) is 0 Å². The van der Waals surface area contributed by atoms with Crippen LogP contribution in [0.2, 0.25) is 0 Å². The summed E-state index contributed by atoms with van der Waals surface area (Å²) < 4.78 is 0. The summed E-state index contributed by atoms with van der Waals surface area (Å²) >= 11 is 0. The number of carbonyl (C=O) groups is 1. The van der Waals surface area contributed by atoms with E-state index in [9.17, 15) is 9.90 Å². The molecule has 0 heterocycles. The summed E-state index contributed by atoms with van der Waals surface area (Å²) in [5, 5.41) is 12.8. The van der Waals surface area contributed by atoms with Crippen molar-refractivity contribution >= 4 is 6.09 Å². The summed E-state index contributed by atoms with van der Waals surface area (Å²) in [6.45, 7) is 9.73. The molecule has 0 aliphatic rings. The fourth-order valence-corrected chi connectivity index (χ4v) is 1.93. The first kappa shape index (κ1) is 15.6. The van der Waals surface area contributed by atoms with Crippen molar-refractivity contribution in [1.82, 2.24) is 4.90 Å². The lowest BCUT2D eigenvalue weighted by Crippen LogP contribution is -2.52. The highest BCUT2D eigenvalue weighted by Crippen LogP contribution is 2.22. The van der Waals surface area contributed by atoms with E-state index in [1.165, 1.54) is 4.90 Å². The number of amides is 1. The summed E-state index contributed by atoms with van der Waals surface area (Å²) in [5.74, 6) is 0.345. The summed E-state index contributed by atoms with van der Waals surface area (Å²) in [7, 11) is 0. The number of hydrogen-bond acceptors (Lipinski definition) is 2. The molecule has 6 nitrogen and oxygen atoms in total. The summed E-state index contributed by atoms with van der Waals surface area (Å²) in [5.41, 5.74) is 7.86. The van der Waals surface area contributed by atoms with Gasteiger partial charge in [-0.05, 0) is 38.6 Å². The molecule has 0 radical (unpaired) electrons. The Morgan fingerprint density at radius 1 is 1.47 bits per heavy atom. The molecule has 0 saturated carbocycles. The first-order chi connectivity index (χ1) is 7.70. The van der Waals surface area contributed by atoms with Gasteiger partial charge in [-0.15, -0.1) is 0 Å². The zero-order chi connectivity index (χ0) is 13.6.